The predicted octanol–water partition coefficient (Wildman–Crippen LogP) is 6.18. The molecule has 0 amide bonds. The van der Waals surface area contributed by atoms with Gasteiger partial charge in [-0.25, -0.2) is 0 Å². The fourth-order valence-corrected chi connectivity index (χ4v) is 4.12. The van der Waals surface area contributed by atoms with Crippen LogP contribution in [-0.4, -0.2) is 15.4 Å². The summed E-state index contributed by atoms with van der Waals surface area (Å²) in [5, 5.41) is 0. The first kappa shape index (κ1) is 20.0. The number of terminal acetylenes is 1. The van der Waals surface area contributed by atoms with E-state index >= 15 is 0 Å². The Morgan fingerprint density at radius 1 is 0.870 bits per heavy atom. The second-order valence-corrected chi connectivity index (χ2v) is 11.6. The summed E-state index contributed by atoms with van der Waals surface area (Å²) in [6.07, 6.45) is 17.5. The maximum Gasteiger partial charge on any atom is 0.186 e. The highest BCUT2D eigenvalue weighted by Crippen LogP contribution is 2.17. The Labute approximate surface area is 145 Å². The lowest BCUT2D eigenvalue weighted by Crippen LogP contribution is -2.27. The highest BCUT2D eigenvalue weighted by molar-refractivity contribution is 6.71. The zero-order valence-corrected chi connectivity index (χ0v) is 16.4. The minimum Gasteiger partial charge on any atom is -0.420 e. The molecule has 0 atom stereocenters. The zero-order valence-electron chi connectivity index (χ0n) is 15.4. The van der Waals surface area contributed by atoms with Gasteiger partial charge in [-0.2, -0.15) is 0 Å². The van der Waals surface area contributed by atoms with Crippen LogP contribution in [0.2, 0.25) is 19.1 Å². The molecule has 2 heteroatoms. The number of unbranched alkanes of at least 4 members (excludes halogenated alkanes) is 7. The molecule has 128 valence electrons. The highest BCUT2D eigenvalue weighted by Gasteiger charge is 2.18. The van der Waals surface area contributed by atoms with Gasteiger partial charge in [0.15, 0.2) is 8.32 Å². The normalized spacial score (nSPS) is 11.4. The first-order valence-electron chi connectivity index (χ1n) is 9.18. The summed E-state index contributed by atoms with van der Waals surface area (Å²) >= 11 is 0. The molecule has 0 aliphatic heterocycles. The summed E-state index contributed by atoms with van der Waals surface area (Å²) < 4.78 is 5.59. The second kappa shape index (κ2) is 11.5. The fourth-order valence-electron chi connectivity index (χ4n) is 2.81. The lowest BCUT2D eigenvalue weighted by Gasteiger charge is -2.19. The van der Waals surface area contributed by atoms with Crippen LogP contribution in [0.15, 0.2) is 24.3 Å². The molecular formula is C21H34OSi. The van der Waals surface area contributed by atoms with Crippen molar-refractivity contribution in [2.45, 2.75) is 76.9 Å². The van der Waals surface area contributed by atoms with Crippen LogP contribution >= 0.6 is 0 Å². The van der Waals surface area contributed by atoms with E-state index in [1.807, 2.05) is 19.2 Å². The number of hydrogen-bond acceptors (Lipinski definition) is 1. The molecule has 0 saturated carbocycles. The Bertz CT molecular complexity index is 456. The zero-order chi connectivity index (χ0) is 17.0. The van der Waals surface area contributed by atoms with E-state index in [4.69, 9.17) is 10.8 Å². The lowest BCUT2D eigenvalue weighted by molar-refractivity contribution is 0.400. The Hall–Kier alpha value is -1.04. The largest absolute Gasteiger partial charge is 0.420 e. The average molecular weight is 331 g/mol. The van der Waals surface area contributed by atoms with Crippen molar-refractivity contribution in [2.75, 3.05) is 7.11 Å². The Morgan fingerprint density at radius 3 is 1.91 bits per heavy atom. The summed E-state index contributed by atoms with van der Waals surface area (Å²) in [4.78, 5) is 0. The van der Waals surface area contributed by atoms with Crippen molar-refractivity contribution < 1.29 is 4.43 Å². The lowest BCUT2D eigenvalue weighted by atomic mass is 10.0. The van der Waals surface area contributed by atoms with Crippen molar-refractivity contribution in [3.63, 3.8) is 0 Å². The highest BCUT2D eigenvalue weighted by atomic mass is 28.4. The van der Waals surface area contributed by atoms with E-state index in [2.05, 4.69) is 31.1 Å². The van der Waals surface area contributed by atoms with Crippen LogP contribution in [0, 0.1) is 12.3 Å². The van der Waals surface area contributed by atoms with Crippen LogP contribution in [0.5, 0.6) is 0 Å². The molecule has 0 spiro atoms. The molecule has 0 aliphatic rings. The first-order valence-corrected chi connectivity index (χ1v) is 12.3. The molecule has 0 aromatic heterocycles. The third kappa shape index (κ3) is 9.64. The molecule has 0 fully saturated rings. The third-order valence-electron chi connectivity index (χ3n) is 4.67. The van der Waals surface area contributed by atoms with Gasteiger partial charge in [-0.05, 0) is 49.7 Å². The molecule has 0 unspecified atom stereocenters. The van der Waals surface area contributed by atoms with Crippen LogP contribution in [0.25, 0.3) is 0 Å². The fraction of sp³-hybridized carbons (Fsp3) is 0.619. The predicted molar refractivity (Wildman–Crippen MR) is 104 cm³/mol. The van der Waals surface area contributed by atoms with Gasteiger partial charge in [-0.1, -0.05) is 63.0 Å². The van der Waals surface area contributed by atoms with Gasteiger partial charge in [0.05, 0.1) is 0 Å². The molecule has 1 aromatic carbocycles. The second-order valence-electron chi connectivity index (χ2n) is 7.13. The van der Waals surface area contributed by atoms with Gasteiger partial charge in [-0.15, -0.1) is 6.42 Å². The van der Waals surface area contributed by atoms with Crippen molar-refractivity contribution in [1.82, 2.24) is 0 Å². The van der Waals surface area contributed by atoms with Crippen LogP contribution in [-0.2, 0) is 10.8 Å². The van der Waals surface area contributed by atoms with Crippen molar-refractivity contribution in [1.29, 1.82) is 0 Å². The summed E-state index contributed by atoms with van der Waals surface area (Å²) in [6.45, 7) is 4.63. The molecule has 0 N–H and O–H groups in total. The van der Waals surface area contributed by atoms with E-state index < -0.39 is 8.32 Å². The third-order valence-corrected chi connectivity index (χ3v) is 7.33. The molecule has 1 aromatic rings. The van der Waals surface area contributed by atoms with Gasteiger partial charge in [0, 0.05) is 12.7 Å². The number of rotatable bonds is 12. The number of aryl methyl sites for hydroxylation is 1. The van der Waals surface area contributed by atoms with E-state index in [9.17, 15) is 0 Å². The molecule has 0 aliphatic carbocycles. The van der Waals surface area contributed by atoms with Crippen LogP contribution < -0.4 is 0 Å². The van der Waals surface area contributed by atoms with Gasteiger partial charge in [0.25, 0.3) is 0 Å². The van der Waals surface area contributed by atoms with E-state index in [0.717, 1.165) is 5.56 Å². The van der Waals surface area contributed by atoms with E-state index in [-0.39, 0.29) is 0 Å². The average Bonchev–Trinajstić information content (AvgIpc) is 2.57. The molecule has 0 bridgehead atoms. The van der Waals surface area contributed by atoms with Gasteiger partial charge in [0.1, 0.15) is 0 Å². The van der Waals surface area contributed by atoms with Gasteiger partial charge in [-0.3, -0.25) is 0 Å². The summed E-state index contributed by atoms with van der Waals surface area (Å²) in [5.41, 5.74) is 2.39. The van der Waals surface area contributed by atoms with E-state index in [1.54, 1.807) is 0 Å². The Kier molecular flexibility index (Phi) is 9.99. The Morgan fingerprint density at radius 2 is 1.39 bits per heavy atom. The summed E-state index contributed by atoms with van der Waals surface area (Å²) in [5.74, 6) is 2.67. The quantitative estimate of drug-likeness (QED) is 0.252. The molecule has 1 nitrogen and oxygen atoms in total. The smallest absolute Gasteiger partial charge is 0.186 e. The SMILES string of the molecule is C#Cc1ccc(CCCCCCCCCC[Si](C)(C)OC)cc1. The monoisotopic (exact) mass is 330 g/mol. The first-order chi connectivity index (χ1) is 11.1. The number of benzene rings is 1. The van der Waals surface area contributed by atoms with Crippen LogP contribution in [0.3, 0.4) is 0 Å². The van der Waals surface area contributed by atoms with E-state index in [1.165, 1.54) is 69.4 Å². The molecule has 23 heavy (non-hydrogen) atoms. The maximum absolute atomic E-state index is 5.59. The molecule has 1 rings (SSSR count). The van der Waals surface area contributed by atoms with Gasteiger partial charge < -0.3 is 4.43 Å². The van der Waals surface area contributed by atoms with Gasteiger partial charge >= 0.3 is 0 Å². The standard InChI is InChI=1S/C21H34OSi/c1-5-20-15-17-21(18-16-20)14-12-10-8-6-7-9-11-13-19-23(3,4)22-2/h1,15-18H,6-14,19H2,2-4H3. The van der Waals surface area contributed by atoms with Crippen molar-refractivity contribution >= 4 is 8.32 Å². The van der Waals surface area contributed by atoms with E-state index in [0.29, 0.717) is 0 Å². The van der Waals surface area contributed by atoms with Crippen LogP contribution in [0.4, 0.5) is 0 Å². The van der Waals surface area contributed by atoms with Crippen molar-refractivity contribution in [2.24, 2.45) is 0 Å². The van der Waals surface area contributed by atoms with Gasteiger partial charge in [0.2, 0.25) is 0 Å². The maximum atomic E-state index is 5.59. The number of hydrogen-bond donors (Lipinski definition) is 0. The molecule has 0 saturated heterocycles. The van der Waals surface area contributed by atoms with Crippen molar-refractivity contribution in [3.8, 4) is 12.3 Å². The minimum absolute atomic E-state index is 0.977. The van der Waals surface area contributed by atoms with Crippen molar-refractivity contribution in [3.05, 3.63) is 35.4 Å². The Balaban J connectivity index is 1.92. The minimum atomic E-state index is -1.31. The summed E-state index contributed by atoms with van der Waals surface area (Å²) in [7, 11) is 0.558. The van der Waals surface area contributed by atoms with Crippen LogP contribution in [0.1, 0.15) is 62.5 Å². The molecule has 0 radical (unpaired) electrons. The summed E-state index contributed by atoms with van der Waals surface area (Å²) in [6, 6.07) is 9.73. The molecular weight excluding hydrogens is 296 g/mol. The topological polar surface area (TPSA) is 9.23 Å². The molecule has 0 heterocycles.